The lowest BCUT2D eigenvalue weighted by atomic mass is 10.1. The minimum Gasteiger partial charge on any atom is -0.346 e. The third-order valence-electron chi connectivity index (χ3n) is 4.20. The van der Waals surface area contributed by atoms with Crippen LogP contribution in [-0.4, -0.2) is 25.3 Å². The molecule has 7 heteroatoms. The summed E-state index contributed by atoms with van der Waals surface area (Å²) in [6, 6.07) is 13.5. The van der Waals surface area contributed by atoms with Gasteiger partial charge in [-0.15, -0.1) is 0 Å². The molecule has 6 nitrogen and oxygen atoms in total. The summed E-state index contributed by atoms with van der Waals surface area (Å²) in [6.07, 6.45) is 3.60. The van der Waals surface area contributed by atoms with Gasteiger partial charge in [-0.3, -0.25) is 9.48 Å². The molecule has 130 valence electrons. The van der Waals surface area contributed by atoms with Crippen molar-refractivity contribution in [1.82, 2.24) is 24.7 Å². The fourth-order valence-electron chi connectivity index (χ4n) is 2.83. The Morgan fingerprint density at radius 1 is 1.19 bits per heavy atom. The van der Waals surface area contributed by atoms with Crippen LogP contribution in [0, 0.1) is 5.82 Å². The zero-order chi connectivity index (χ0) is 18.1. The van der Waals surface area contributed by atoms with Crippen LogP contribution in [0.25, 0.3) is 16.8 Å². The third kappa shape index (κ3) is 2.95. The first kappa shape index (κ1) is 16.0. The number of hydrogen-bond acceptors (Lipinski definition) is 3. The number of halogens is 1. The molecule has 0 saturated heterocycles. The Hall–Kier alpha value is -3.48. The zero-order valence-corrected chi connectivity index (χ0v) is 14.1. The van der Waals surface area contributed by atoms with Gasteiger partial charge in [0.1, 0.15) is 11.5 Å². The maximum Gasteiger partial charge on any atom is 0.269 e. The summed E-state index contributed by atoms with van der Waals surface area (Å²) in [4.78, 5) is 12.5. The molecule has 0 bridgehead atoms. The van der Waals surface area contributed by atoms with Gasteiger partial charge in [0.05, 0.1) is 17.4 Å². The maximum atomic E-state index is 13.1. The molecule has 0 aliphatic rings. The molecule has 0 aliphatic carbocycles. The fourth-order valence-corrected chi connectivity index (χ4v) is 2.83. The number of carbonyl (C=O) groups excluding carboxylic acids is 1. The molecule has 4 aromatic rings. The molecular weight excluding hydrogens is 333 g/mol. The van der Waals surface area contributed by atoms with E-state index in [-0.39, 0.29) is 11.7 Å². The monoisotopic (exact) mass is 349 g/mol. The number of nitrogens with zero attached hydrogens (tertiary/aromatic N) is 4. The van der Waals surface area contributed by atoms with E-state index in [0.717, 1.165) is 16.6 Å². The molecule has 1 N–H and O–H groups in total. The quantitative estimate of drug-likeness (QED) is 0.616. The molecule has 3 aromatic heterocycles. The van der Waals surface area contributed by atoms with E-state index in [9.17, 15) is 9.18 Å². The molecule has 1 aromatic carbocycles. The predicted octanol–water partition coefficient (Wildman–Crippen LogP) is 2.80. The molecule has 0 radical (unpaired) electrons. The number of aromatic nitrogens is 4. The van der Waals surface area contributed by atoms with Crippen molar-refractivity contribution in [2.75, 3.05) is 0 Å². The van der Waals surface area contributed by atoms with Gasteiger partial charge < -0.3 is 5.32 Å². The summed E-state index contributed by atoms with van der Waals surface area (Å²) in [6.45, 7) is 0.364. The summed E-state index contributed by atoms with van der Waals surface area (Å²) < 4.78 is 16.3. The molecule has 0 spiro atoms. The first-order valence-corrected chi connectivity index (χ1v) is 8.11. The van der Waals surface area contributed by atoms with Crippen LogP contribution in [0.2, 0.25) is 0 Å². The van der Waals surface area contributed by atoms with Crippen LogP contribution in [0.15, 0.2) is 60.9 Å². The van der Waals surface area contributed by atoms with Crippen molar-refractivity contribution in [2.45, 2.75) is 6.54 Å². The van der Waals surface area contributed by atoms with Gasteiger partial charge >= 0.3 is 0 Å². The average Bonchev–Trinajstić information content (AvgIpc) is 3.24. The van der Waals surface area contributed by atoms with Crippen LogP contribution in [0.5, 0.6) is 0 Å². The molecule has 0 saturated carbocycles. The molecular formula is C19H16FN5O. The van der Waals surface area contributed by atoms with E-state index < -0.39 is 0 Å². The third-order valence-corrected chi connectivity index (χ3v) is 4.20. The second-order valence-corrected chi connectivity index (χ2v) is 5.93. The maximum absolute atomic E-state index is 13.1. The molecule has 0 fully saturated rings. The largest absolute Gasteiger partial charge is 0.346 e. The molecule has 0 aliphatic heterocycles. The SMILES string of the molecule is Cn1nc(-c2ccc(F)cc2)cc1C(=O)NCc1cnn2ccccc12. The van der Waals surface area contributed by atoms with Crippen LogP contribution in [0.1, 0.15) is 16.1 Å². The number of pyridine rings is 1. The van der Waals surface area contributed by atoms with Gasteiger partial charge in [0, 0.05) is 30.9 Å². The van der Waals surface area contributed by atoms with Gasteiger partial charge in [-0.1, -0.05) is 6.07 Å². The van der Waals surface area contributed by atoms with Crippen molar-refractivity contribution >= 4 is 11.4 Å². The van der Waals surface area contributed by atoms with Gasteiger partial charge in [0.2, 0.25) is 0 Å². The van der Waals surface area contributed by atoms with Crippen LogP contribution in [-0.2, 0) is 13.6 Å². The van der Waals surface area contributed by atoms with Crippen molar-refractivity contribution in [3.8, 4) is 11.3 Å². The summed E-state index contributed by atoms with van der Waals surface area (Å²) in [5.41, 5.74) is 3.68. The first-order chi connectivity index (χ1) is 12.6. The van der Waals surface area contributed by atoms with Crippen LogP contribution < -0.4 is 5.32 Å². The van der Waals surface area contributed by atoms with Crippen molar-refractivity contribution in [3.05, 3.63) is 78.0 Å². The normalized spacial score (nSPS) is 11.0. The van der Waals surface area contributed by atoms with Crippen molar-refractivity contribution in [3.63, 3.8) is 0 Å². The number of fused-ring (bicyclic) bond motifs is 1. The van der Waals surface area contributed by atoms with Crippen LogP contribution in [0.3, 0.4) is 0 Å². The molecule has 4 rings (SSSR count). The fraction of sp³-hybridized carbons (Fsp3) is 0.105. The van der Waals surface area contributed by atoms with E-state index >= 15 is 0 Å². The highest BCUT2D eigenvalue weighted by atomic mass is 19.1. The van der Waals surface area contributed by atoms with E-state index in [4.69, 9.17) is 0 Å². The minimum absolute atomic E-state index is 0.233. The summed E-state index contributed by atoms with van der Waals surface area (Å²) in [5.74, 6) is -0.542. The molecule has 26 heavy (non-hydrogen) atoms. The van der Waals surface area contributed by atoms with Gasteiger partial charge in [-0.25, -0.2) is 8.91 Å². The Morgan fingerprint density at radius 3 is 2.81 bits per heavy atom. The molecule has 0 unspecified atom stereocenters. The van der Waals surface area contributed by atoms with Gasteiger partial charge in [-0.05, 0) is 42.5 Å². The highest BCUT2D eigenvalue weighted by molar-refractivity contribution is 5.93. The van der Waals surface area contributed by atoms with E-state index in [2.05, 4.69) is 15.5 Å². The number of carbonyl (C=O) groups is 1. The number of hydrogen-bond donors (Lipinski definition) is 1. The lowest BCUT2D eigenvalue weighted by Gasteiger charge is -2.04. The van der Waals surface area contributed by atoms with Crippen molar-refractivity contribution in [2.24, 2.45) is 7.05 Å². The van der Waals surface area contributed by atoms with E-state index in [1.807, 2.05) is 24.4 Å². The van der Waals surface area contributed by atoms with Crippen molar-refractivity contribution < 1.29 is 9.18 Å². The number of rotatable bonds is 4. The zero-order valence-electron chi connectivity index (χ0n) is 14.1. The summed E-state index contributed by atoms with van der Waals surface area (Å²) >= 11 is 0. The highest BCUT2D eigenvalue weighted by Crippen LogP contribution is 2.19. The van der Waals surface area contributed by atoms with Gasteiger partial charge in [0.25, 0.3) is 5.91 Å². The Balaban J connectivity index is 1.52. The summed E-state index contributed by atoms with van der Waals surface area (Å²) in [7, 11) is 1.71. The lowest BCUT2D eigenvalue weighted by Crippen LogP contribution is -2.25. The van der Waals surface area contributed by atoms with Crippen molar-refractivity contribution in [1.29, 1.82) is 0 Å². The average molecular weight is 349 g/mol. The Labute approximate surface area is 148 Å². The van der Waals surface area contributed by atoms with Gasteiger partial charge in [-0.2, -0.15) is 10.2 Å². The lowest BCUT2D eigenvalue weighted by molar-refractivity contribution is 0.0941. The number of nitrogens with one attached hydrogen (secondary N) is 1. The topological polar surface area (TPSA) is 64.2 Å². The van der Waals surface area contributed by atoms with Crippen LogP contribution >= 0.6 is 0 Å². The van der Waals surface area contributed by atoms with Gasteiger partial charge in [0.15, 0.2) is 0 Å². The molecule has 3 heterocycles. The number of benzene rings is 1. The molecule has 1 amide bonds. The predicted molar refractivity (Wildman–Crippen MR) is 95.0 cm³/mol. The van der Waals surface area contributed by atoms with E-state index in [1.54, 1.807) is 36.0 Å². The minimum atomic E-state index is -0.309. The first-order valence-electron chi connectivity index (χ1n) is 8.11. The Bertz CT molecular complexity index is 1080. The second-order valence-electron chi connectivity index (χ2n) is 5.93. The standard InChI is InChI=1S/C19H16FN5O/c1-24-18(10-16(23-24)13-5-7-15(20)8-6-13)19(26)21-11-14-12-22-25-9-3-2-4-17(14)25/h2-10,12H,11H2,1H3,(H,21,26). The van der Waals surface area contributed by atoms with Crippen LogP contribution in [0.4, 0.5) is 4.39 Å². The number of amides is 1. The van der Waals surface area contributed by atoms with E-state index in [0.29, 0.717) is 17.9 Å². The molecule has 0 atom stereocenters. The number of aryl methyl sites for hydroxylation is 1. The second kappa shape index (κ2) is 6.44. The highest BCUT2D eigenvalue weighted by Gasteiger charge is 2.15. The Morgan fingerprint density at radius 2 is 2.00 bits per heavy atom. The smallest absolute Gasteiger partial charge is 0.269 e. The Kier molecular flexibility index (Phi) is 3.96. The summed E-state index contributed by atoms with van der Waals surface area (Å²) in [5, 5.41) is 11.5. The van der Waals surface area contributed by atoms with E-state index in [1.165, 1.54) is 16.8 Å².